The second-order valence-corrected chi connectivity index (χ2v) is 33.8. The molecule has 770 valence electrons. The number of rotatable bonds is 68. The maximum Gasteiger partial charge on any atom is 0.322 e. The Labute approximate surface area is 796 Å². The maximum atomic E-state index is 14.8. The molecule has 138 heavy (non-hydrogen) atoms. The van der Waals surface area contributed by atoms with Gasteiger partial charge in [0.25, 0.3) is 0 Å². The van der Waals surface area contributed by atoms with Crippen LogP contribution in [0.1, 0.15) is 176 Å². The van der Waals surface area contributed by atoms with Gasteiger partial charge in [0, 0.05) is 50.7 Å². The molecule has 0 fully saturated rings. The molecule has 0 radical (unpaired) electrons. The number of nitrogens with one attached hydrogen (secondary N) is 21. The highest BCUT2D eigenvalue weighted by Crippen LogP contribution is 2.16. The smallest absolute Gasteiger partial charge is 0.322 e. The number of nitrogens with zero attached hydrogens (tertiary/aromatic N) is 1. The van der Waals surface area contributed by atoms with Crippen LogP contribution < -0.4 is 136 Å². The first-order chi connectivity index (χ1) is 64.9. The summed E-state index contributed by atoms with van der Waals surface area (Å²) in [7, 11) is 0. The van der Waals surface area contributed by atoms with E-state index in [1.807, 2.05) is 0 Å². The minimum atomic E-state index is -1.98. The first-order valence-electron chi connectivity index (χ1n) is 44.9. The average molecular weight is 1960 g/mol. The molecule has 1 heterocycles. The highest BCUT2D eigenvalue weighted by Gasteiger charge is 2.40. The quantitative estimate of drug-likeness (QED) is 0.0166. The van der Waals surface area contributed by atoms with Crippen LogP contribution in [0.4, 0.5) is 0 Å². The van der Waals surface area contributed by atoms with Gasteiger partial charge in [-0.1, -0.05) is 78.3 Å². The summed E-state index contributed by atoms with van der Waals surface area (Å²) in [5, 5.41) is 98.4. The molecule has 0 aliphatic heterocycles. The molecule has 0 aliphatic rings. The van der Waals surface area contributed by atoms with Crippen LogP contribution >= 0.6 is 0 Å². The number of carbonyl (C=O) groups is 21. The Morgan fingerprint density at radius 2 is 0.746 bits per heavy atom. The fourth-order valence-electron chi connectivity index (χ4n) is 13.3. The molecule has 1 aromatic carbocycles. The van der Waals surface area contributed by atoms with Crippen molar-refractivity contribution < 1.29 is 121 Å². The van der Waals surface area contributed by atoms with Gasteiger partial charge in [0.15, 0.2) is 11.9 Å². The molecular weight excluding hydrogens is 1820 g/mol. The van der Waals surface area contributed by atoms with Crippen molar-refractivity contribution in [1.29, 1.82) is 10.8 Å². The van der Waals surface area contributed by atoms with Gasteiger partial charge in [-0.2, -0.15) is 0 Å². The Morgan fingerprint density at radius 1 is 0.370 bits per heavy atom. The molecule has 2 aromatic rings. The number of aromatic nitrogens is 2. The number of aliphatic carboxylic acids is 3. The summed E-state index contributed by atoms with van der Waals surface area (Å²) in [5.74, 6) is -26.8. The van der Waals surface area contributed by atoms with E-state index in [-0.39, 0.29) is 83.8 Å². The Hall–Kier alpha value is -14.3. The third-order valence-electron chi connectivity index (χ3n) is 20.9. The molecule has 0 aliphatic carbocycles. The minimum Gasteiger partial charge on any atom is -0.481 e. The van der Waals surface area contributed by atoms with Gasteiger partial charge in [-0.05, 0) is 127 Å². The molecule has 2 rings (SSSR count). The van der Waals surface area contributed by atoms with E-state index in [4.69, 9.17) is 51.0 Å². The third kappa shape index (κ3) is 47.2. The number of carbonyl (C=O) groups excluding carboxylic acids is 18. The molecule has 39 N–H and O–H groups in total. The van der Waals surface area contributed by atoms with Gasteiger partial charge in [0.05, 0.1) is 31.8 Å². The summed E-state index contributed by atoms with van der Waals surface area (Å²) < 4.78 is 0. The van der Waals surface area contributed by atoms with E-state index in [9.17, 15) is 121 Å². The molecule has 0 saturated carbocycles. The van der Waals surface area contributed by atoms with Crippen LogP contribution in [0.15, 0.2) is 42.9 Å². The predicted octanol–water partition coefficient (Wildman–Crippen LogP) is -10.3. The van der Waals surface area contributed by atoms with Crippen molar-refractivity contribution in [2.24, 2.45) is 57.9 Å². The Kier molecular flexibility index (Phi) is 54.7. The number of unbranched alkanes of at least 4 members (excludes halogenated alkanes) is 2. The number of carboxylic acids is 3. The normalized spacial score (nSPS) is 14.5. The number of H-pyrrole nitrogens is 1. The summed E-state index contributed by atoms with van der Waals surface area (Å²) >= 11 is 0. The molecule has 54 nitrogen and oxygen atoms in total. The van der Waals surface area contributed by atoms with Crippen molar-refractivity contribution in [2.75, 3.05) is 39.3 Å². The lowest BCUT2D eigenvalue weighted by Gasteiger charge is -2.29. The second-order valence-electron chi connectivity index (χ2n) is 33.8. The van der Waals surface area contributed by atoms with Crippen LogP contribution in [0.3, 0.4) is 0 Å². The van der Waals surface area contributed by atoms with Gasteiger partial charge >= 0.3 is 17.9 Å². The highest BCUT2D eigenvalue weighted by molar-refractivity contribution is 6.02. The zero-order valence-electron chi connectivity index (χ0n) is 78.5. The lowest BCUT2D eigenvalue weighted by molar-refractivity contribution is -0.141. The average Bonchev–Trinajstić information content (AvgIpc) is 0.825. The first-order valence-corrected chi connectivity index (χ1v) is 44.9. The summed E-state index contributed by atoms with van der Waals surface area (Å²) in [4.78, 5) is 292. The molecule has 0 spiro atoms. The van der Waals surface area contributed by atoms with Crippen LogP contribution in [0.2, 0.25) is 0 Å². The first kappa shape index (κ1) is 120. The Balaban J connectivity index is 2.50. The number of nitrogens with two attached hydrogens (primary N) is 7. The Bertz CT molecular complexity index is 4450. The van der Waals surface area contributed by atoms with Crippen molar-refractivity contribution in [3.8, 4) is 0 Å². The number of imidazole rings is 1. The van der Waals surface area contributed by atoms with Crippen molar-refractivity contribution in [3.63, 3.8) is 0 Å². The highest BCUT2D eigenvalue weighted by atomic mass is 16.4. The molecule has 0 saturated heterocycles. The lowest BCUT2D eigenvalue weighted by atomic mass is 9.99. The fraction of sp³-hybridized carbons (Fsp3) is 0.619. The third-order valence-corrected chi connectivity index (χ3v) is 20.9. The van der Waals surface area contributed by atoms with Crippen LogP contribution in [-0.4, -0.2) is 303 Å². The zero-order valence-corrected chi connectivity index (χ0v) is 78.5. The SMILES string of the molecule is CC(C)C[C@H](NC(=O)[C@H](CCCNC(=N)N)NC(=O)[C@H](CCC(=O)O)NC(=O)[C@@H](NC(=O)[C@H](Cc1ccccc1)NC(=O)[C@H](C)NC(=O)[C@H](CO)NC(=O)[C@H](CC(N)=O)NC(=O)[C@H](C)NC(=O)[C@@H](NC(=O)[C@H](CCC(N)=O)NC(=O)[C@H](CC(=O)O)NC(=O)[C@@H](N)CCCCN)C(C)C)C(C)C)C(=O)N[C@@H](CCCNC(=N)N)C(=O)N[C@@H](CCCCN)C(=O)N[C@@H](Cc1cnc[nH]1)C(=O)NCC(=O)O. The van der Waals surface area contributed by atoms with E-state index in [2.05, 4.69) is 106 Å². The summed E-state index contributed by atoms with van der Waals surface area (Å²) in [6.45, 7) is 9.81. The van der Waals surface area contributed by atoms with Crippen LogP contribution in [0, 0.1) is 28.6 Å². The van der Waals surface area contributed by atoms with Crippen molar-refractivity contribution in [3.05, 3.63) is 54.1 Å². The van der Waals surface area contributed by atoms with Gasteiger partial charge in [0.2, 0.25) is 106 Å². The van der Waals surface area contributed by atoms with Gasteiger partial charge in [0.1, 0.15) is 97.2 Å². The standard InChI is InChI=1S/C84H139N29O25/c1-41(2)32-54(76(132)103-50(22-16-30-95-83(90)91)71(127)101-49(21-13-15-29-86)72(128)110-56(34-47-37-94-40-98-47)70(126)97-38-64(121)122)109-73(129)51(23-17-31-96-84(92)93)102-74(130)53(25-27-62(117)118)105-82(138)66(43(5)6)113-79(135)55(33-46-18-10-9-11-19-46)106-67(123)44(7)99-80(136)59(39-114)111-77(133)57(35-61(89)116)107-68(124)45(8)100-81(137)65(42(3)4)112-75(131)52(24-26-60(88)115)104-78(134)58(36-63(119)120)108-69(125)48(87)20-12-14-28-85/h9-11,18-19,37,40-45,48-59,65-66,114H,12-17,20-36,38-39,85-87H2,1-8H3,(H2,88,115)(H2,89,116)(H,94,98)(H,97,126)(H,99,136)(H,100,137)(H,101,127)(H,102,130)(H,103,132)(H,104,134)(H,105,138)(H,106,123)(H,107,124)(H,108,125)(H,109,129)(H,110,128)(H,111,133)(H,112,131)(H,113,135)(H,117,118)(H,119,120)(H,121,122)(H4,90,91,95)(H4,92,93,96)/t44-,45-,48-,49-,50-,51-,52-,53-,54-,55-,56-,57-,58-,59-,65-,66-/m0/s1. The van der Waals surface area contributed by atoms with Gasteiger partial charge in [-0.25, -0.2) is 4.98 Å². The number of amides is 18. The number of carboxylic acid groups (broad SMARTS) is 3. The number of primary amides is 2. The molecule has 0 bridgehead atoms. The summed E-state index contributed by atoms with van der Waals surface area (Å²) in [6, 6.07) is -18.2. The number of hydrogen-bond acceptors (Lipinski definition) is 28. The number of aromatic amines is 1. The van der Waals surface area contributed by atoms with Crippen molar-refractivity contribution >= 4 is 136 Å². The molecular formula is C84H139N29O25. The Morgan fingerprint density at radius 3 is 1.18 bits per heavy atom. The van der Waals surface area contributed by atoms with Gasteiger partial charge in [-0.3, -0.25) is 112 Å². The molecule has 16 atom stereocenters. The van der Waals surface area contributed by atoms with Gasteiger partial charge < -0.3 is 161 Å². The summed E-state index contributed by atoms with van der Waals surface area (Å²) in [6.07, 6.45) is -1.35. The lowest BCUT2D eigenvalue weighted by Crippen LogP contribution is -2.62. The van der Waals surface area contributed by atoms with Crippen molar-refractivity contribution in [1.82, 2.24) is 106 Å². The monoisotopic (exact) mass is 1950 g/mol. The van der Waals surface area contributed by atoms with Crippen molar-refractivity contribution in [2.45, 2.75) is 274 Å². The molecule has 18 amide bonds. The molecule has 0 unspecified atom stereocenters. The van der Waals surface area contributed by atoms with E-state index >= 15 is 0 Å². The fourth-order valence-corrected chi connectivity index (χ4v) is 13.3. The van der Waals surface area contributed by atoms with E-state index in [1.54, 1.807) is 44.2 Å². The van der Waals surface area contributed by atoms with E-state index < -0.39 is 302 Å². The van der Waals surface area contributed by atoms with Crippen LogP contribution in [-0.2, 0) is 114 Å². The number of aliphatic hydroxyl groups is 1. The van der Waals surface area contributed by atoms with Crippen LogP contribution in [0.5, 0.6) is 0 Å². The second kappa shape index (κ2) is 63.1. The summed E-state index contributed by atoms with van der Waals surface area (Å²) in [5.41, 5.74) is 39.9. The number of aliphatic hydroxyl groups excluding tert-OH is 1. The predicted molar refractivity (Wildman–Crippen MR) is 493 cm³/mol. The van der Waals surface area contributed by atoms with E-state index in [0.29, 0.717) is 37.1 Å². The number of benzene rings is 1. The van der Waals surface area contributed by atoms with E-state index in [0.717, 1.165) is 13.8 Å². The number of hydrogen-bond donors (Lipinski definition) is 32. The van der Waals surface area contributed by atoms with Gasteiger partial charge in [-0.15, -0.1) is 0 Å². The topological polar surface area (TPSA) is 914 Å². The zero-order chi connectivity index (χ0) is 104. The minimum absolute atomic E-state index is 0.00643. The van der Waals surface area contributed by atoms with E-state index in [1.165, 1.54) is 40.2 Å². The largest absolute Gasteiger partial charge is 0.481 e. The molecule has 1 aromatic heterocycles. The van der Waals surface area contributed by atoms with Crippen LogP contribution in [0.25, 0.3) is 0 Å². The number of guanidine groups is 2. The molecule has 54 heteroatoms. The maximum absolute atomic E-state index is 14.8.